The van der Waals surface area contributed by atoms with Crippen LogP contribution in [0, 0.1) is 3.57 Å². The van der Waals surface area contributed by atoms with Crippen molar-refractivity contribution in [1.82, 2.24) is 0 Å². The predicted octanol–water partition coefficient (Wildman–Crippen LogP) is 4.99. The first-order chi connectivity index (χ1) is 10.0. The Morgan fingerprint density at radius 2 is 1.90 bits per heavy atom. The maximum Gasteiger partial charge on any atom is 0.267 e. The van der Waals surface area contributed by atoms with E-state index in [-0.39, 0.29) is 5.91 Å². The molecule has 3 N–H and O–H groups in total. The van der Waals surface area contributed by atoms with Crippen LogP contribution < -0.4 is 11.1 Å². The van der Waals surface area contributed by atoms with Gasteiger partial charge in [0.05, 0.1) is 5.69 Å². The van der Waals surface area contributed by atoms with E-state index in [1.165, 1.54) is 11.3 Å². The van der Waals surface area contributed by atoms with Crippen LogP contribution in [0.2, 0.25) is 5.02 Å². The van der Waals surface area contributed by atoms with E-state index in [1.54, 1.807) is 12.1 Å². The Labute approximate surface area is 144 Å². The molecule has 0 unspecified atom stereocenters. The number of anilines is 2. The molecule has 3 aromatic rings. The molecule has 0 aliphatic rings. The van der Waals surface area contributed by atoms with Gasteiger partial charge in [-0.3, -0.25) is 4.79 Å². The van der Waals surface area contributed by atoms with E-state index in [9.17, 15) is 4.79 Å². The third-order valence-electron chi connectivity index (χ3n) is 3.00. The van der Waals surface area contributed by atoms with Crippen LogP contribution in [0.4, 0.5) is 11.4 Å². The number of carbonyl (C=O) groups is 1. The first-order valence-electron chi connectivity index (χ1n) is 6.09. The normalized spacial score (nSPS) is 10.8. The van der Waals surface area contributed by atoms with Gasteiger partial charge in [-0.05, 0) is 65.1 Å². The van der Waals surface area contributed by atoms with Gasteiger partial charge in [-0.25, -0.2) is 0 Å². The molecule has 1 heterocycles. The Hall–Kier alpha value is -1.31. The molecule has 6 heteroatoms. The number of nitrogen functional groups attached to an aromatic ring is 1. The Balaban J connectivity index is 1.94. The van der Waals surface area contributed by atoms with Gasteiger partial charge in [0.2, 0.25) is 0 Å². The summed E-state index contributed by atoms with van der Waals surface area (Å²) in [5.74, 6) is -0.203. The number of thiophene rings is 1. The Morgan fingerprint density at radius 3 is 2.62 bits per heavy atom. The van der Waals surface area contributed by atoms with Crippen molar-refractivity contribution in [3.63, 3.8) is 0 Å². The minimum absolute atomic E-state index is 0.203. The number of amides is 1. The molecule has 0 bridgehead atoms. The summed E-state index contributed by atoms with van der Waals surface area (Å²) in [5.41, 5.74) is 7.29. The van der Waals surface area contributed by atoms with Gasteiger partial charge in [-0.15, -0.1) is 11.3 Å². The first kappa shape index (κ1) is 14.6. The molecule has 3 nitrogen and oxygen atoms in total. The van der Waals surface area contributed by atoms with E-state index in [0.29, 0.717) is 15.6 Å². The van der Waals surface area contributed by atoms with Crippen LogP contribution in [0.5, 0.6) is 0 Å². The molecule has 0 fully saturated rings. The van der Waals surface area contributed by atoms with Crippen molar-refractivity contribution in [2.75, 3.05) is 11.1 Å². The number of nitrogens with one attached hydrogen (secondary N) is 1. The van der Waals surface area contributed by atoms with E-state index in [0.717, 1.165) is 19.3 Å². The molecule has 0 aliphatic carbocycles. The van der Waals surface area contributed by atoms with E-state index in [1.807, 2.05) is 30.3 Å². The fourth-order valence-electron chi connectivity index (χ4n) is 1.98. The Bertz CT molecular complexity index is 830. The molecule has 0 spiro atoms. The lowest BCUT2D eigenvalue weighted by molar-refractivity contribution is 0.103. The zero-order chi connectivity index (χ0) is 15.0. The number of halogens is 2. The van der Waals surface area contributed by atoms with E-state index >= 15 is 0 Å². The third-order valence-corrected chi connectivity index (χ3v) is 5.14. The lowest BCUT2D eigenvalue weighted by Gasteiger charge is -2.04. The summed E-state index contributed by atoms with van der Waals surface area (Å²) < 4.78 is 2.06. The van der Waals surface area contributed by atoms with Crippen molar-refractivity contribution in [3.05, 3.63) is 55.9 Å². The highest BCUT2D eigenvalue weighted by molar-refractivity contribution is 14.1. The molecule has 3 rings (SSSR count). The molecule has 2 aromatic carbocycles. The number of fused-ring (bicyclic) bond motifs is 1. The van der Waals surface area contributed by atoms with Gasteiger partial charge in [0.1, 0.15) is 4.88 Å². The molecule has 106 valence electrons. The quantitative estimate of drug-likeness (QED) is 0.565. The van der Waals surface area contributed by atoms with Gasteiger partial charge in [-0.2, -0.15) is 0 Å². The molecular formula is C15H10ClIN2OS. The maximum absolute atomic E-state index is 12.4. The molecular weight excluding hydrogens is 419 g/mol. The number of benzene rings is 2. The van der Waals surface area contributed by atoms with Crippen LogP contribution in [-0.2, 0) is 0 Å². The monoisotopic (exact) mass is 428 g/mol. The average Bonchev–Trinajstić information content (AvgIpc) is 2.79. The minimum Gasteiger partial charge on any atom is -0.397 e. The largest absolute Gasteiger partial charge is 0.397 e. The number of nitrogens with two attached hydrogens (primary N) is 1. The maximum atomic E-state index is 12.4. The second kappa shape index (κ2) is 5.82. The zero-order valence-electron chi connectivity index (χ0n) is 10.7. The van der Waals surface area contributed by atoms with Crippen LogP contribution in [0.15, 0.2) is 42.5 Å². The smallest absolute Gasteiger partial charge is 0.267 e. The number of hydrogen-bond acceptors (Lipinski definition) is 3. The molecule has 1 amide bonds. The topological polar surface area (TPSA) is 55.1 Å². The van der Waals surface area contributed by atoms with E-state index in [4.69, 9.17) is 17.3 Å². The molecule has 0 saturated heterocycles. The van der Waals surface area contributed by atoms with Crippen molar-refractivity contribution < 1.29 is 4.79 Å². The summed E-state index contributed by atoms with van der Waals surface area (Å²) in [6.45, 7) is 0. The fourth-order valence-corrected chi connectivity index (χ4v) is 3.51. The van der Waals surface area contributed by atoms with E-state index < -0.39 is 0 Å². The SMILES string of the molecule is Nc1c(C(=O)Nc2ccc(I)cc2)sc2ccc(Cl)cc12. The second-order valence-corrected chi connectivity index (χ2v) is 7.18. The summed E-state index contributed by atoms with van der Waals surface area (Å²) >= 11 is 9.55. The standard InChI is InChI=1S/C15H10ClIN2OS/c16-8-1-6-12-11(7-8)13(18)14(21-12)15(20)19-10-4-2-9(17)3-5-10/h1-7H,18H2,(H,19,20). The molecule has 0 aliphatic heterocycles. The van der Waals surface area contributed by atoms with Gasteiger partial charge in [-0.1, -0.05) is 11.6 Å². The van der Waals surface area contributed by atoms with Gasteiger partial charge < -0.3 is 11.1 Å². The summed E-state index contributed by atoms with van der Waals surface area (Å²) in [4.78, 5) is 12.9. The number of rotatable bonds is 2. The predicted molar refractivity (Wildman–Crippen MR) is 98.4 cm³/mol. The van der Waals surface area contributed by atoms with Crippen molar-refractivity contribution >= 4 is 72.9 Å². The van der Waals surface area contributed by atoms with Crippen LogP contribution >= 0.6 is 45.5 Å². The van der Waals surface area contributed by atoms with Crippen molar-refractivity contribution in [2.45, 2.75) is 0 Å². The fraction of sp³-hybridized carbons (Fsp3) is 0. The first-order valence-corrected chi connectivity index (χ1v) is 8.36. The Kier molecular flexibility index (Phi) is 4.05. The summed E-state index contributed by atoms with van der Waals surface area (Å²) in [5, 5.41) is 4.28. The molecule has 0 saturated carbocycles. The third kappa shape index (κ3) is 3.00. The van der Waals surface area contributed by atoms with Gasteiger partial charge in [0.25, 0.3) is 5.91 Å². The number of carbonyl (C=O) groups excluding carboxylic acids is 1. The summed E-state index contributed by atoms with van der Waals surface area (Å²) in [6, 6.07) is 13.0. The molecule has 0 atom stereocenters. The van der Waals surface area contributed by atoms with Gasteiger partial charge in [0.15, 0.2) is 0 Å². The van der Waals surface area contributed by atoms with Crippen molar-refractivity contribution in [2.24, 2.45) is 0 Å². The number of hydrogen-bond donors (Lipinski definition) is 2. The van der Waals surface area contributed by atoms with Crippen molar-refractivity contribution in [3.8, 4) is 0 Å². The highest BCUT2D eigenvalue weighted by atomic mass is 127. The zero-order valence-corrected chi connectivity index (χ0v) is 14.4. The van der Waals surface area contributed by atoms with Gasteiger partial charge in [0, 0.05) is 24.4 Å². The van der Waals surface area contributed by atoms with Gasteiger partial charge >= 0.3 is 0 Å². The molecule has 1 aromatic heterocycles. The molecule has 0 radical (unpaired) electrons. The van der Waals surface area contributed by atoms with Crippen molar-refractivity contribution in [1.29, 1.82) is 0 Å². The second-order valence-electron chi connectivity index (χ2n) is 4.45. The Morgan fingerprint density at radius 1 is 1.19 bits per heavy atom. The van der Waals surface area contributed by atoms with E-state index in [2.05, 4.69) is 27.9 Å². The molecule has 21 heavy (non-hydrogen) atoms. The highest BCUT2D eigenvalue weighted by Crippen LogP contribution is 2.35. The van der Waals surface area contributed by atoms with Crippen LogP contribution in [0.1, 0.15) is 9.67 Å². The summed E-state index contributed by atoms with van der Waals surface area (Å²) in [6.07, 6.45) is 0. The average molecular weight is 429 g/mol. The summed E-state index contributed by atoms with van der Waals surface area (Å²) in [7, 11) is 0. The highest BCUT2D eigenvalue weighted by Gasteiger charge is 2.16. The van der Waals surface area contributed by atoms with Crippen LogP contribution in [0.3, 0.4) is 0 Å². The lowest BCUT2D eigenvalue weighted by atomic mass is 10.2. The van der Waals surface area contributed by atoms with Crippen LogP contribution in [-0.4, -0.2) is 5.91 Å². The lowest BCUT2D eigenvalue weighted by Crippen LogP contribution is -2.11. The minimum atomic E-state index is -0.203. The van der Waals surface area contributed by atoms with Crippen LogP contribution in [0.25, 0.3) is 10.1 Å².